The van der Waals surface area contributed by atoms with Crippen LogP contribution in [0.2, 0.25) is 0 Å². The molecule has 0 unspecified atom stereocenters. The van der Waals surface area contributed by atoms with Crippen LogP contribution in [0.1, 0.15) is 25.8 Å². The van der Waals surface area contributed by atoms with E-state index in [-0.39, 0.29) is 0 Å². The molecule has 2 aromatic rings. The van der Waals surface area contributed by atoms with Crippen LogP contribution in [0.5, 0.6) is 0 Å². The molecule has 0 aliphatic heterocycles. The molecule has 0 radical (unpaired) electrons. The number of hydrogen-bond acceptors (Lipinski definition) is 2. The molecule has 0 fully saturated rings. The van der Waals surface area contributed by atoms with E-state index in [4.69, 9.17) is 4.74 Å². The lowest BCUT2D eigenvalue weighted by Gasteiger charge is -2.07. The molecule has 0 aliphatic carbocycles. The van der Waals surface area contributed by atoms with E-state index in [1.54, 1.807) is 0 Å². The van der Waals surface area contributed by atoms with E-state index >= 15 is 0 Å². The van der Waals surface area contributed by atoms with Crippen LogP contribution in [0.25, 0.3) is 10.9 Å². The second-order valence-electron chi connectivity index (χ2n) is 4.78. The van der Waals surface area contributed by atoms with Gasteiger partial charge in [0, 0.05) is 31.4 Å². The summed E-state index contributed by atoms with van der Waals surface area (Å²) in [4.78, 5) is 0. The summed E-state index contributed by atoms with van der Waals surface area (Å²) in [6, 6.07) is 8.88. The number of ether oxygens (including phenoxy) is 1. The van der Waals surface area contributed by atoms with Gasteiger partial charge in [-0.05, 0) is 49.0 Å². The minimum absolute atomic E-state index is 0.778. The van der Waals surface area contributed by atoms with E-state index in [0.717, 1.165) is 32.8 Å². The van der Waals surface area contributed by atoms with Gasteiger partial charge in [0.2, 0.25) is 0 Å². The molecular formula is C16H24N2O. The van der Waals surface area contributed by atoms with E-state index in [9.17, 15) is 0 Å². The third-order valence-corrected chi connectivity index (χ3v) is 3.27. The van der Waals surface area contributed by atoms with Gasteiger partial charge in [0.1, 0.15) is 0 Å². The average Bonchev–Trinajstić information content (AvgIpc) is 2.82. The highest BCUT2D eigenvalue weighted by molar-refractivity contribution is 5.80. The van der Waals surface area contributed by atoms with E-state index in [0.29, 0.717) is 0 Å². The van der Waals surface area contributed by atoms with Crippen LogP contribution in [0, 0.1) is 0 Å². The van der Waals surface area contributed by atoms with Crippen molar-refractivity contribution in [3.05, 3.63) is 36.0 Å². The number of benzene rings is 1. The molecule has 1 aromatic carbocycles. The van der Waals surface area contributed by atoms with Crippen molar-refractivity contribution < 1.29 is 4.74 Å². The molecule has 0 saturated carbocycles. The molecule has 1 aromatic heterocycles. The SMILES string of the molecule is CCCNCc1ccc2c(ccn2CCOCC)c1. The van der Waals surface area contributed by atoms with Gasteiger partial charge >= 0.3 is 0 Å². The van der Waals surface area contributed by atoms with Gasteiger partial charge in [0.25, 0.3) is 0 Å². The summed E-state index contributed by atoms with van der Waals surface area (Å²) in [6.07, 6.45) is 3.32. The Kier molecular flexibility index (Phi) is 5.43. The fourth-order valence-electron chi connectivity index (χ4n) is 2.27. The number of fused-ring (bicyclic) bond motifs is 1. The zero-order valence-corrected chi connectivity index (χ0v) is 12.0. The van der Waals surface area contributed by atoms with E-state index in [1.165, 1.54) is 22.9 Å². The van der Waals surface area contributed by atoms with Gasteiger partial charge in [0.15, 0.2) is 0 Å². The minimum Gasteiger partial charge on any atom is -0.380 e. The Morgan fingerprint density at radius 1 is 1.21 bits per heavy atom. The maximum atomic E-state index is 5.41. The summed E-state index contributed by atoms with van der Waals surface area (Å²) in [6.45, 7) is 8.73. The molecule has 0 saturated heterocycles. The summed E-state index contributed by atoms with van der Waals surface area (Å²) in [7, 11) is 0. The normalized spacial score (nSPS) is 11.3. The maximum absolute atomic E-state index is 5.41. The van der Waals surface area contributed by atoms with Crippen LogP contribution in [0.4, 0.5) is 0 Å². The molecule has 0 spiro atoms. The quantitative estimate of drug-likeness (QED) is 0.738. The Morgan fingerprint density at radius 3 is 2.89 bits per heavy atom. The molecule has 3 heteroatoms. The van der Waals surface area contributed by atoms with Gasteiger partial charge in [-0.1, -0.05) is 13.0 Å². The van der Waals surface area contributed by atoms with Gasteiger partial charge in [-0.15, -0.1) is 0 Å². The molecule has 0 bridgehead atoms. The van der Waals surface area contributed by atoms with Crippen LogP contribution in [0.3, 0.4) is 0 Å². The molecule has 0 atom stereocenters. The Hall–Kier alpha value is -1.32. The monoisotopic (exact) mass is 260 g/mol. The summed E-state index contributed by atoms with van der Waals surface area (Å²) in [5.41, 5.74) is 2.64. The summed E-state index contributed by atoms with van der Waals surface area (Å²) in [5.74, 6) is 0. The maximum Gasteiger partial charge on any atom is 0.0645 e. The lowest BCUT2D eigenvalue weighted by molar-refractivity contribution is 0.140. The number of aromatic nitrogens is 1. The number of nitrogens with one attached hydrogen (secondary N) is 1. The summed E-state index contributed by atoms with van der Waals surface area (Å²) < 4.78 is 7.67. The van der Waals surface area contributed by atoms with Crippen LogP contribution in [-0.4, -0.2) is 24.3 Å². The Morgan fingerprint density at radius 2 is 2.11 bits per heavy atom. The molecule has 2 rings (SSSR count). The first-order chi connectivity index (χ1) is 9.35. The van der Waals surface area contributed by atoms with Gasteiger partial charge in [-0.25, -0.2) is 0 Å². The molecule has 1 N–H and O–H groups in total. The molecule has 0 aliphatic rings. The summed E-state index contributed by atoms with van der Waals surface area (Å²) >= 11 is 0. The average molecular weight is 260 g/mol. The van der Waals surface area contributed by atoms with Crippen LogP contribution >= 0.6 is 0 Å². The Bertz CT molecular complexity index is 504. The topological polar surface area (TPSA) is 26.2 Å². The predicted octanol–water partition coefficient (Wildman–Crippen LogP) is 3.18. The third kappa shape index (κ3) is 3.82. The summed E-state index contributed by atoms with van der Waals surface area (Å²) in [5, 5.41) is 4.75. The van der Waals surface area contributed by atoms with E-state index in [1.807, 2.05) is 6.92 Å². The van der Waals surface area contributed by atoms with Crippen molar-refractivity contribution in [2.75, 3.05) is 19.8 Å². The van der Waals surface area contributed by atoms with Gasteiger partial charge in [-0.3, -0.25) is 0 Å². The first-order valence-electron chi connectivity index (χ1n) is 7.21. The molecule has 104 valence electrons. The number of rotatable bonds is 8. The Labute approximate surface area is 115 Å². The fourth-order valence-corrected chi connectivity index (χ4v) is 2.27. The Balaban J connectivity index is 2.03. The van der Waals surface area contributed by atoms with Gasteiger partial charge < -0.3 is 14.6 Å². The van der Waals surface area contributed by atoms with Gasteiger partial charge in [0.05, 0.1) is 6.61 Å². The van der Waals surface area contributed by atoms with Crippen molar-refractivity contribution in [2.45, 2.75) is 33.4 Å². The van der Waals surface area contributed by atoms with E-state index < -0.39 is 0 Å². The highest BCUT2D eigenvalue weighted by atomic mass is 16.5. The molecular weight excluding hydrogens is 236 g/mol. The number of hydrogen-bond donors (Lipinski definition) is 1. The van der Waals surface area contributed by atoms with Crippen LogP contribution in [-0.2, 0) is 17.8 Å². The first kappa shape index (κ1) is 14.1. The molecule has 19 heavy (non-hydrogen) atoms. The molecule has 0 amide bonds. The highest BCUT2D eigenvalue weighted by Gasteiger charge is 2.02. The largest absolute Gasteiger partial charge is 0.380 e. The van der Waals surface area contributed by atoms with Gasteiger partial charge in [-0.2, -0.15) is 0 Å². The standard InChI is InChI=1S/C16H24N2O/c1-3-8-17-13-14-5-6-16-15(12-14)7-9-18(16)10-11-19-4-2/h5-7,9,12,17H,3-4,8,10-11,13H2,1-2H3. The molecule has 3 nitrogen and oxygen atoms in total. The third-order valence-electron chi connectivity index (χ3n) is 3.27. The lowest BCUT2D eigenvalue weighted by atomic mass is 10.1. The van der Waals surface area contributed by atoms with Crippen molar-refractivity contribution in [2.24, 2.45) is 0 Å². The minimum atomic E-state index is 0.778. The zero-order chi connectivity index (χ0) is 13.5. The van der Waals surface area contributed by atoms with E-state index in [2.05, 4.69) is 47.3 Å². The first-order valence-corrected chi connectivity index (χ1v) is 7.21. The molecule has 1 heterocycles. The smallest absolute Gasteiger partial charge is 0.0645 e. The van der Waals surface area contributed by atoms with Crippen molar-refractivity contribution in [3.63, 3.8) is 0 Å². The fraction of sp³-hybridized carbons (Fsp3) is 0.500. The van der Waals surface area contributed by atoms with Crippen molar-refractivity contribution >= 4 is 10.9 Å². The second kappa shape index (κ2) is 7.31. The predicted molar refractivity (Wildman–Crippen MR) is 80.4 cm³/mol. The van der Waals surface area contributed by atoms with Crippen LogP contribution < -0.4 is 5.32 Å². The number of nitrogens with zero attached hydrogens (tertiary/aromatic N) is 1. The second-order valence-corrected chi connectivity index (χ2v) is 4.78. The highest BCUT2D eigenvalue weighted by Crippen LogP contribution is 2.17. The zero-order valence-electron chi connectivity index (χ0n) is 12.0. The van der Waals surface area contributed by atoms with Crippen LogP contribution in [0.15, 0.2) is 30.5 Å². The lowest BCUT2D eigenvalue weighted by Crippen LogP contribution is -2.13. The van der Waals surface area contributed by atoms with Crippen molar-refractivity contribution in [1.82, 2.24) is 9.88 Å². The van der Waals surface area contributed by atoms with Crippen molar-refractivity contribution in [3.8, 4) is 0 Å². The van der Waals surface area contributed by atoms with Crippen molar-refractivity contribution in [1.29, 1.82) is 0 Å².